The number of carbonyl (C=O) groups excluding carboxylic acids is 4. The molecule has 0 heterocycles. The van der Waals surface area contributed by atoms with Crippen molar-refractivity contribution in [2.45, 2.75) is 244 Å². The largest absolute Gasteiger partial charge is 0.382 e. The van der Waals surface area contributed by atoms with Crippen molar-refractivity contribution in [2.75, 3.05) is 21.3 Å². The number of benzene rings is 4. The second-order valence-electron chi connectivity index (χ2n) is 24.0. The standard InChI is InChI=1S/2C34H46N2O2/c2*1-3-5-14-23(4-2)21-24-22-29(35-25-15-8-6-9-16-25)30-31(32(24)36-26-17-10-7-11-18-26)34(38)28-20-13-12-19-27(28)33(30)37/h2*12-13,19-20,22-23,25-26,35-36H,3-11,14-18,21H2,1-2H3. The van der Waals surface area contributed by atoms with Gasteiger partial charge in [-0.15, -0.1) is 0 Å². The van der Waals surface area contributed by atoms with Crippen LogP contribution in [0, 0.1) is 11.8 Å². The van der Waals surface area contributed by atoms with Gasteiger partial charge in [-0.3, -0.25) is 19.2 Å². The number of fused-ring (bicyclic) bond motifs is 4. The minimum Gasteiger partial charge on any atom is -0.382 e. The summed E-state index contributed by atoms with van der Waals surface area (Å²) in [6.07, 6.45) is 35.3. The Bertz CT molecular complexity index is 2460. The van der Waals surface area contributed by atoms with Crippen LogP contribution in [-0.2, 0) is 12.8 Å². The van der Waals surface area contributed by atoms with Crippen molar-refractivity contribution in [3.63, 3.8) is 0 Å². The fraction of sp³-hybridized carbons (Fsp3) is 0.588. The molecule has 0 aliphatic heterocycles. The van der Waals surface area contributed by atoms with E-state index in [4.69, 9.17) is 0 Å². The minimum atomic E-state index is -0.00946. The number of hydrogen-bond acceptors (Lipinski definition) is 8. The van der Waals surface area contributed by atoms with Gasteiger partial charge in [0.05, 0.1) is 22.3 Å². The van der Waals surface area contributed by atoms with Gasteiger partial charge >= 0.3 is 0 Å². The molecule has 0 amide bonds. The van der Waals surface area contributed by atoms with Crippen LogP contribution >= 0.6 is 0 Å². The maximum atomic E-state index is 14.2. The zero-order valence-electron chi connectivity index (χ0n) is 47.1. The second kappa shape index (κ2) is 26.9. The smallest absolute Gasteiger partial charge is 0.196 e. The van der Waals surface area contributed by atoms with Gasteiger partial charge in [-0.25, -0.2) is 0 Å². The lowest BCUT2D eigenvalue weighted by Gasteiger charge is -2.32. The molecule has 6 aliphatic carbocycles. The van der Waals surface area contributed by atoms with Crippen molar-refractivity contribution in [3.05, 3.63) is 116 Å². The highest BCUT2D eigenvalue weighted by Gasteiger charge is 2.39. The molecule has 0 bridgehead atoms. The molecule has 10 rings (SSSR count). The first kappa shape index (κ1) is 55.5. The van der Waals surface area contributed by atoms with Crippen LogP contribution < -0.4 is 21.3 Å². The number of carbonyl (C=O) groups is 4. The number of rotatable bonds is 20. The number of ketones is 4. The van der Waals surface area contributed by atoms with E-state index in [0.717, 1.165) is 99.8 Å². The molecule has 4 saturated carbocycles. The Morgan fingerprint density at radius 3 is 0.974 bits per heavy atom. The number of nitrogens with one attached hydrogen (secondary N) is 4. The van der Waals surface area contributed by atoms with Crippen molar-refractivity contribution in [2.24, 2.45) is 11.8 Å². The van der Waals surface area contributed by atoms with E-state index >= 15 is 0 Å². The van der Waals surface area contributed by atoms with Gasteiger partial charge in [-0.05, 0) is 99.3 Å². The number of hydrogen-bond donors (Lipinski definition) is 4. The van der Waals surface area contributed by atoms with Crippen LogP contribution in [0.3, 0.4) is 0 Å². The van der Waals surface area contributed by atoms with Crippen molar-refractivity contribution < 1.29 is 19.2 Å². The summed E-state index contributed by atoms with van der Waals surface area (Å²) in [6.45, 7) is 9.10. The van der Waals surface area contributed by atoms with Crippen LogP contribution in [0.2, 0.25) is 0 Å². The molecule has 0 aromatic heterocycles. The molecular weight excluding hydrogens is 937 g/mol. The van der Waals surface area contributed by atoms with E-state index in [-0.39, 0.29) is 23.1 Å². The summed E-state index contributed by atoms with van der Waals surface area (Å²) in [4.78, 5) is 56.6. The fourth-order valence-corrected chi connectivity index (χ4v) is 13.9. The SMILES string of the molecule is CCCCC(CC)Cc1cc(NC2CCCCC2)c2c(c1NC1CCCCC1)C(=O)c1ccccc1C2=O.CCCCC(CC)Cc1cc(NC2CCCCC2)c2c(c1NC1CCCCC1)C(=O)c1ccccc1C2=O. The lowest BCUT2D eigenvalue weighted by atomic mass is 9.79. The third-order valence-electron chi connectivity index (χ3n) is 18.5. The molecule has 0 spiro atoms. The van der Waals surface area contributed by atoms with Crippen LogP contribution in [0.15, 0.2) is 60.7 Å². The van der Waals surface area contributed by atoms with Crippen molar-refractivity contribution in [1.29, 1.82) is 0 Å². The van der Waals surface area contributed by atoms with E-state index < -0.39 is 0 Å². The van der Waals surface area contributed by atoms with Gasteiger partial charge in [0.2, 0.25) is 0 Å². The van der Waals surface area contributed by atoms with E-state index in [1.54, 1.807) is 0 Å². The average molecular weight is 1030 g/mol. The molecule has 0 radical (unpaired) electrons. The zero-order chi connectivity index (χ0) is 53.0. The highest BCUT2D eigenvalue weighted by atomic mass is 16.1. The van der Waals surface area contributed by atoms with E-state index in [1.165, 1.54) is 127 Å². The fourth-order valence-electron chi connectivity index (χ4n) is 13.9. The summed E-state index contributed by atoms with van der Waals surface area (Å²) >= 11 is 0. The molecule has 4 aromatic rings. The molecule has 4 aromatic carbocycles. The molecule has 0 saturated heterocycles. The van der Waals surface area contributed by atoms with Gasteiger partial charge in [0.1, 0.15) is 0 Å². The Balaban J connectivity index is 0.000000186. The van der Waals surface area contributed by atoms with Crippen LogP contribution in [0.5, 0.6) is 0 Å². The van der Waals surface area contributed by atoms with E-state index in [2.05, 4.69) is 61.1 Å². The summed E-state index contributed by atoms with van der Waals surface area (Å²) < 4.78 is 0. The molecule has 76 heavy (non-hydrogen) atoms. The van der Waals surface area contributed by atoms with Gasteiger partial charge in [0, 0.05) is 69.2 Å². The van der Waals surface area contributed by atoms with Crippen molar-refractivity contribution in [3.8, 4) is 0 Å². The van der Waals surface area contributed by atoms with Crippen molar-refractivity contribution in [1.82, 2.24) is 0 Å². The molecule has 4 fully saturated rings. The molecule has 8 heteroatoms. The van der Waals surface area contributed by atoms with Crippen molar-refractivity contribution >= 4 is 45.9 Å². The first-order chi connectivity index (χ1) is 37.2. The van der Waals surface area contributed by atoms with Gasteiger partial charge in [0.15, 0.2) is 23.1 Å². The van der Waals surface area contributed by atoms with E-state index in [0.29, 0.717) is 80.5 Å². The lowest BCUT2D eigenvalue weighted by molar-refractivity contribution is 0.0980. The number of anilines is 4. The third kappa shape index (κ3) is 12.8. The quantitative estimate of drug-likeness (QED) is 0.0598. The predicted molar refractivity (Wildman–Crippen MR) is 316 cm³/mol. The van der Waals surface area contributed by atoms with Crippen LogP contribution in [-0.4, -0.2) is 47.3 Å². The minimum absolute atomic E-state index is 0.00339. The maximum absolute atomic E-state index is 14.2. The third-order valence-corrected chi connectivity index (χ3v) is 18.5. The van der Waals surface area contributed by atoms with E-state index in [1.807, 2.05) is 48.5 Å². The molecule has 8 nitrogen and oxygen atoms in total. The second-order valence-corrected chi connectivity index (χ2v) is 24.0. The van der Waals surface area contributed by atoms with E-state index in [9.17, 15) is 19.2 Å². The lowest BCUT2D eigenvalue weighted by Crippen LogP contribution is -2.30. The molecule has 408 valence electrons. The summed E-state index contributed by atoms with van der Waals surface area (Å²) in [6, 6.07) is 20.8. The monoisotopic (exact) mass is 1030 g/mol. The van der Waals surface area contributed by atoms with Gasteiger partial charge in [-0.2, -0.15) is 0 Å². The van der Waals surface area contributed by atoms with Gasteiger partial charge < -0.3 is 21.3 Å². The Hall–Kier alpha value is -5.24. The topological polar surface area (TPSA) is 116 Å². The van der Waals surface area contributed by atoms with Gasteiger partial charge in [0.25, 0.3) is 0 Å². The predicted octanol–water partition coefficient (Wildman–Crippen LogP) is 17.4. The molecule has 2 atom stereocenters. The van der Waals surface area contributed by atoms with Gasteiger partial charge in [-0.1, -0.05) is 205 Å². The zero-order valence-corrected chi connectivity index (χ0v) is 47.1. The number of unbranched alkanes of at least 4 members (excludes halogenated alkanes) is 2. The molecule has 6 aliphatic rings. The Morgan fingerprint density at radius 2 is 0.684 bits per heavy atom. The van der Waals surface area contributed by atoms with Crippen LogP contribution in [0.25, 0.3) is 0 Å². The first-order valence-corrected chi connectivity index (χ1v) is 31.0. The average Bonchev–Trinajstić information content (AvgIpc) is 3.46. The normalized spacial score (nSPS) is 19.1. The first-order valence-electron chi connectivity index (χ1n) is 31.0. The maximum Gasteiger partial charge on any atom is 0.196 e. The van der Waals surface area contributed by atoms with Crippen LogP contribution in [0.1, 0.15) is 282 Å². The summed E-state index contributed by atoms with van der Waals surface area (Å²) in [7, 11) is 0. The summed E-state index contributed by atoms with van der Waals surface area (Å²) in [5.74, 6) is 1.13. The van der Waals surface area contributed by atoms with Crippen LogP contribution in [0.4, 0.5) is 22.7 Å². The highest BCUT2D eigenvalue weighted by Crippen LogP contribution is 2.44. The Kier molecular flexibility index (Phi) is 19.6. The summed E-state index contributed by atoms with van der Waals surface area (Å²) in [5.41, 5.74) is 10.7. The molecule has 4 N–H and O–H groups in total. The molecular formula is C68H92N4O4. The Labute approximate surface area is 456 Å². The Morgan fingerprint density at radius 1 is 0.395 bits per heavy atom. The molecule has 2 unspecified atom stereocenters. The highest BCUT2D eigenvalue weighted by molar-refractivity contribution is 6.33. The summed E-state index contributed by atoms with van der Waals surface area (Å²) in [5, 5.41) is 15.3.